The second-order valence-corrected chi connectivity index (χ2v) is 9.28. The number of carboxylic acid groups (broad SMARTS) is 1. The van der Waals surface area contributed by atoms with Crippen LogP contribution in [0.3, 0.4) is 0 Å². The lowest BCUT2D eigenvalue weighted by Crippen LogP contribution is -2.70. The van der Waals surface area contributed by atoms with Crippen molar-refractivity contribution in [1.82, 2.24) is 4.90 Å². The van der Waals surface area contributed by atoms with E-state index in [4.69, 9.17) is 5.73 Å². The van der Waals surface area contributed by atoms with Gasteiger partial charge in [-0.3, -0.25) is 19.3 Å². The number of phenolic OH excluding ortho intramolecular Hbond substituents is 1. The van der Waals surface area contributed by atoms with Crippen LogP contribution >= 0.6 is 0 Å². The SMILES string of the molecule is C[C@H]1c2c(C(=O)O)ccc(O)c2C(O)=C2C(=O)[C@]3(O)C(O)=C(C(N)=O)C(=O)[C@@H](N(C)C)C3[C@@H](O)C21. The molecular weight excluding hydrogens is 464 g/mol. The number of carbonyl (C=O) groups excluding carboxylic acids is 3. The fourth-order valence-corrected chi connectivity index (χ4v) is 5.88. The second-order valence-electron chi connectivity index (χ2n) is 9.28. The molecule has 1 aromatic carbocycles. The van der Waals surface area contributed by atoms with Crippen LogP contribution < -0.4 is 5.73 Å². The molecule has 0 aliphatic heterocycles. The first-order chi connectivity index (χ1) is 16.2. The molecule has 3 aliphatic carbocycles. The third kappa shape index (κ3) is 2.90. The minimum atomic E-state index is -3.02. The highest BCUT2D eigenvalue weighted by Gasteiger charge is 2.68. The maximum atomic E-state index is 13.8. The molecule has 186 valence electrons. The van der Waals surface area contributed by atoms with E-state index in [9.17, 15) is 49.8 Å². The number of primary amides is 1. The Morgan fingerprint density at radius 1 is 1.11 bits per heavy atom. The van der Waals surface area contributed by atoms with Gasteiger partial charge in [-0.1, -0.05) is 6.92 Å². The molecule has 6 atom stereocenters. The third-order valence-corrected chi connectivity index (χ3v) is 7.34. The highest BCUT2D eigenvalue weighted by molar-refractivity contribution is 6.24. The molecule has 3 aliphatic rings. The Morgan fingerprint density at radius 2 is 1.71 bits per heavy atom. The average Bonchev–Trinajstić information content (AvgIpc) is 2.75. The molecule has 12 heteroatoms. The number of Topliss-reactive ketones (excluding diaryl/α,β-unsaturated/α-hetero) is 2. The van der Waals surface area contributed by atoms with Gasteiger partial charge in [-0.15, -0.1) is 0 Å². The number of nitrogens with two attached hydrogens (primary N) is 1. The number of aliphatic hydroxyl groups is 4. The van der Waals surface area contributed by atoms with Gasteiger partial charge in [0.2, 0.25) is 5.78 Å². The van der Waals surface area contributed by atoms with Crippen molar-refractivity contribution in [3.05, 3.63) is 45.7 Å². The molecule has 1 amide bonds. The predicted octanol–water partition coefficient (Wildman–Crippen LogP) is -0.806. The van der Waals surface area contributed by atoms with Crippen molar-refractivity contribution in [3.63, 3.8) is 0 Å². The summed E-state index contributed by atoms with van der Waals surface area (Å²) in [6, 6.07) is 0.633. The maximum absolute atomic E-state index is 13.8. The van der Waals surface area contributed by atoms with Crippen LogP contribution in [0, 0.1) is 11.8 Å². The Labute approximate surface area is 198 Å². The minimum Gasteiger partial charge on any atom is -0.508 e. The van der Waals surface area contributed by atoms with Gasteiger partial charge in [-0.2, -0.15) is 0 Å². The van der Waals surface area contributed by atoms with Gasteiger partial charge in [-0.25, -0.2) is 4.79 Å². The highest BCUT2D eigenvalue weighted by Crippen LogP contribution is 2.56. The Kier molecular flexibility index (Phi) is 5.32. The number of nitrogens with zero attached hydrogens (tertiary/aromatic N) is 1. The number of carboxylic acids is 1. The molecule has 0 bridgehead atoms. The number of ketones is 2. The van der Waals surface area contributed by atoms with E-state index >= 15 is 0 Å². The summed E-state index contributed by atoms with van der Waals surface area (Å²) in [4.78, 5) is 51.9. The van der Waals surface area contributed by atoms with Gasteiger partial charge < -0.3 is 36.4 Å². The monoisotopic (exact) mass is 488 g/mol. The Bertz CT molecular complexity index is 1280. The number of benzene rings is 1. The molecule has 2 unspecified atom stereocenters. The Balaban J connectivity index is 2.10. The lowest BCUT2D eigenvalue weighted by atomic mass is 9.54. The normalized spacial score (nSPS) is 32.3. The van der Waals surface area contributed by atoms with E-state index in [0.29, 0.717) is 0 Å². The Hall–Kier alpha value is -3.74. The zero-order valence-corrected chi connectivity index (χ0v) is 18.9. The summed E-state index contributed by atoms with van der Waals surface area (Å²) in [5, 5.41) is 64.9. The summed E-state index contributed by atoms with van der Waals surface area (Å²) < 4.78 is 0. The number of aliphatic hydroxyl groups excluding tert-OH is 3. The van der Waals surface area contributed by atoms with Gasteiger partial charge in [-0.05, 0) is 37.7 Å². The quantitative estimate of drug-likeness (QED) is 0.261. The number of phenols is 1. The van der Waals surface area contributed by atoms with E-state index < -0.39 is 87.4 Å². The number of likely N-dealkylation sites (N-methyl/N-ethyl adjacent to an activating group) is 1. The van der Waals surface area contributed by atoms with Crippen molar-refractivity contribution in [2.45, 2.75) is 30.6 Å². The molecule has 0 aromatic heterocycles. The van der Waals surface area contributed by atoms with Gasteiger partial charge in [0.1, 0.15) is 22.8 Å². The molecule has 0 saturated heterocycles. The Morgan fingerprint density at radius 3 is 2.23 bits per heavy atom. The topological polar surface area (TPSA) is 219 Å². The first-order valence-electron chi connectivity index (χ1n) is 10.6. The number of fused-ring (bicyclic) bond motifs is 3. The molecular formula is C23H24N2O10. The number of amides is 1. The summed E-state index contributed by atoms with van der Waals surface area (Å²) in [6.45, 7) is 1.46. The number of carbonyl (C=O) groups is 4. The van der Waals surface area contributed by atoms with E-state index in [1.807, 2.05) is 0 Å². The van der Waals surface area contributed by atoms with Crippen molar-refractivity contribution in [2.24, 2.45) is 17.6 Å². The van der Waals surface area contributed by atoms with Crippen LogP contribution in [0.15, 0.2) is 29.0 Å². The van der Waals surface area contributed by atoms with Crippen molar-refractivity contribution in [3.8, 4) is 5.75 Å². The van der Waals surface area contributed by atoms with Crippen LogP contribution in [0.5, 0.6) is 5.75 Å². The van der Waals surface area contributed by atoms with Gasteiger partial charge in [0.05, 0.1) is 29.2 Å². The van der Waals surface area contributed by atoms with Crippen LogP contribution in [0.4, 0.5) is 0 Å². The molecule has 4 rings (SSSR count). The van der Waals surface area contributed by atoms with Crippen molar-refractivity contribution >= 4 is 29.2 Å². The third-order valence-electron chi connectivity index (χ3n) is 7.34. The van der Waals surface area contributed by atoms with Crippen molar-refractivity contribution < 1.29 is 49.8 Å². The van der Waals surface area contributed by atoms with Crippen LogP contribution in [-0.4, -0.2) is 90.8 Å². The van der Waals surface area contributed by atoms with Gasteiger partial charge >= 0.3 is 5.97 Å². The largest absolute Gasteiger partial charge is 0.508 e. The summed E-state index contributed by atoms with van der Waals surface area (Å²) in [7, 11) is 2.79. The fraction of sp³-hybridized carbons (Fsp3) is 0.391. The summed E-state index contributed by atoms with van der Waals surface area (Å²) in [6.07, 6.45) is -1.80. The van der Waals surface area contributed by atoms with E-state index in [1.54, 1.807) is 0 Å². The predicted molar refractivity (Wildman–Crippen MR) is 117 cm³/mol. The number of hydrogen-bond donors (Lipinski definition) is 7. The lowest BCUT2D eigenvalue weighted by molar-refractivity contribution is -0.169. The van der Waals surface area contributed by atoms with E-state index in [1.165, 1.54) is 25.9 Å². The number of aromatic carboxylic acids is 1. The molecule has 0 radical (unpaired) electrons. The van der Waals surface area contributed by atoms with Crippen LogP contribution in [0.25, 0.3) is 5.76 Å². The molecule has 0 spiro atoms. The summed E-state index contributed by atoms with van der Waals surface area (Å²) in [5.74, 6) is -12.0. The van der Waals surface area contributed by atoms with E-state index in [0.717, 1.165) is 12.1 Å². The standard InChI is InChI=1S/C23H24N2O10/c1-6-9-7(22(33)34)4-5-8(26)11(9)16(27)12-10(6)17(28)14-15(25(2)3)18(29)13(21(24)32)20(31)23(14,35)19(12)30/h4-6,10,14-15,17,26-28,31,35H,1-3H3,(H2,24,32)(H,33,34)/t6-,10?,14?,15-,17-,23-/m0/s1. The van der Waals surface area contributed by atoms with Crippen molar-refractivity contribution in [2.75, 3.05) is 14.1 Å². The number of rotatable bonds is 3. The molecule has 0 heterocycles. The molecule has 1 saturated carbocycles. The zero-order valence-electron chi connectivity index (χ0n) is 18.9. The second kappa shape index (κ2) is 7.63. The molecule has 35 heavy (non-hydrogen) atoms. The van der Waals surface area contributed by atoms with E-state index in [-0.39, 0.29) is 16.7 Å². The number of aromatic hydroxyl groups is 1. The maximum Gasteiger partial charge on any atom is 0.336 e. The zero-order chi connectivity index (χ0) is 26.3. The highest BCUT2D eigenvalue weighted by atomic mass is 16.4. The van der Waals surface area contributed by atoms with Gasteiger partial charge in [0, 0.05) is 11.5 Å². The van der Waals surface area contributed by atoms with Gasteiger partial charge in [0.15, 0.2) is 11.4 Å². The van der Waals surface area contributed by atoms with E-state index in [2.05, 4.69) is 0 Å². The van der Waals surface area contributed by atoms with Gasteiger partial charge in [0.25, 0.3) is 5.91 Å². The fourth-order valence-electron chi connectivity index (χ4n) is 5.88. The first-order valence-corrected chi connectivity index (χ1v) is 10.6. The smallest absolute Gasteiger partial charge is 0.336 e. The van der Waals surface area contributed by atoms with Crippen LogP contribution in [0.1, 0.15) is 34.3 Å². The minimum absolute atomic E-state index is 0.0535. The first kappa shape index (κ1) is 24.4. The van der Waals surface area contributed by atoms with Crippen molar-refractivity contribution in [1.29, 1.82) is 0 Å². The van der Waals surface area contributed by atoms with Crippen LogP contribution in [-0.2, 0) is 14.4 Å². The molecule has 1 fully saturated rings. The lowest BCUT2D eigenvalue weighted by Gasteiger charge is -2.53. The molecule has 8 N–H and O–H groups in total. The summed E-state index contributed by atoms with van der Waals surface area (Å²) in [5.41, 5.74) is -0.0941. The van der Waals surface area contributed by atoms with Crippen LogP contribution in [0.2, 0.25) is 0 Å². The molecule has 12 nitrogen and oxygen atoms in total. The summed E-state index contributed by atoms with van der Waals surface area (Å²) >= 11 is 0. The molecule has 1 aromatic rings. The average molecular weight is 488 g/mol. The number of hydrogen-bond acceptors (Lipinski definition) is 10.